The Bertz CT molecular complexity index is 424. The predicted molar refractivity (Wildman–Crippen MR) is 79.4 cm³/mol. The second-order valence-electron chi connectivity index (χ2n) is 5.48. The van der Waals surface area contributed by atoms with Crippen LogP contribution in [0.3, 0.4) is 0 Å². The molecule has 3 unspecified atom stereocenters. The summed E-state index contributed by atoms with van der Waals surface area (Å²) in [7, 11) is 2.84. The van der Waals surface area contributed by atoms with Gasteiger partial charge in [-0.1, -0.05) is 18.6 Å². The first-order valence-electron chi connectivity index (χ1n) is 7.28. The van der Waals surface area contributed by atoms with Crippen LogP contribution in [0.4, 0.5) is 0 Å². The van der Waals surface area contributed by atoms with Crippen LogP contribution in [0.25, 0.3) is 0 Å². The maximum Gasteiger partial charge on any atom is 0.204 e. The van der Waals surface area contributed by atoms with Gasteiger partial charge in [-0.15, -0.1) is 0 Å². The monoisotopic (exact) mass is 298 g/mol. The number of hydrogen-bond acceptors (Lipinski definition) is 5. The summed E-state index contributed by atoms with van der Waals surface area (Å²) < 4.78 is 10.2. The summed E-state index contributed by atoms with van der Waals surface area (Å²) in [5.74, 6) is -0.348. The highest BCUT2D eigenvalue weighted by molar-refractivity contribution is 5.97. The van der Waals surface area contributed by atoms with Gasteiger partial charge in [0.1, 0.15) is 6.10 Å². The first-order valence-corrected chi connectivity index (χ1v) is 7.28. The number of aliphatic hydroxyl groups excluding tert-OH is 2. The minimum atomic E-state index is -0.848. The van der Waals surface area contributed by atoms with Crippen LogP contribution in [0.5, 0.6) is 0 Å². The summed E-state index contributed by atoms with van der Waals surface area (Å²) in [6.45, 7) is 3.96. The van der Waals surface area contributed by atoms with Crippen molar-refractivity contribution in [2.75, 3.05) is 20.8 Å². The van der Waals surface area contributed by atoms with E-state index in [4.69, 9.17) is 14.6 Å². The molecule has 0 aromatic heterocycles. The van der Waals surface area contributed by atoms with Crippen LogP contribution < -0.4 is 0 Å². The second-order valence-corrected chi connectivity index (χ2v) is 5.48. The molecule has 0 aromatic rings. The van der Waals surface area contributed by atoms with Crippen LogP contribution in [0.2, 0.25) is 0 Å². The molecule has 3 atom stereocenters. The summed E-state index contributed by atoms with van der Waals surface area (Å²) in [5.41, 5.74) is 1.15. The summed E-state index contributed by atoms with van der Waals surface area (Å²) in [6.07, 6.45) is 3.31. The van der Waals surface area contributed by atoms with Gasteiger partial charge in [0, 0.05) is 18.4 Å². The largest absolute Gasteiger partial charge is 0.494 e. The zero-order valence-corrected chi connectivity index (χ0v) is 13.3. The topological polar surface area (TPSA) is 76.0 Å². The van der Waals surface area contributed by atoms with Gasteiger partial charge in [-0.25, -0.2) is 0 Å². The van der Waals surface area contributed by atoms with Gasteiger partial charge in [0.2, 0.25) is 11.5 Å². The Labute approximate surface area is 126 Å². The van der Waals surface area contributed by atoms with E-state index >= 15 is 0 Å². The number of aliphatic hydroxyl groups is 2. The molecule has 0 amide bonds. The predicted octanol–water partition coefficient (Wildman–Crippen LogP) is 1.80. The van der Waals surface area contributed by atoms with Crippen LogP contribution in [-0.4, -0.2) is 42.9 Å². The molecule has 0 fully saturated rings. The Morgan fingerprint density at radius 3 is 2.52 bits per heavy atom. The highest BCUT2D eigenvalue weighted by Crippen LogP contribution is 2.35. The fraction of sp³-hybridized carbons (Fsp3) is 0.688. The van der Waals surface area contributed by atoms with E-state index in [1.165, 1.54) is 14.2 Å². The Balaban J connectivity index is 2.89. The molecule has 0 spiro atoms. The average Bonchev–Trinajstić information content (AvgIpc) is 2.48. The summed E-state index contributed by atoms with van der Waals surface area (Å²) in [5, 5.41) is 19.2. The fourth-order valence-corrected chi connectivity index (χ4v) is 2.67. The second kappa shape index (κ2) is 8.20. The van der Waals surface area contributed by atoms with Gasteiger partial charge in [0.05, 0.1) is 14.2 Å². The number of ketones is 1. The minimum absolute atomic E-state index is 0.120. The molecule has 1 aliphatic rings. The lowest BCUT2D eigenvalue weighted by molar-refractivity contribution is -0.128. The molecule has 0 radical (unpaired) electrons. The fourth-order valence-electron chi connectivity index (χ4n) is 2.67. The van der Waals surface area contributed by atoms with Crippen molar-refractivity contribution in [1.82, 2.24) is 0 Å². The maximum absolute atomic E-state index is 12.3. The molecule has 0 bridgehead atoms. The third-order valence-electron chi connectivity index (χ3n) is 4.07. The van der Waals surface area contributed by atoms with Crippen LogP contribution in [-0.2, 0) is 14.3 Å². The van der Waals surface area contributed by atoms with Crippen molar-refractivity contribution in [2.45, 2.75) is 39.2 Å². The number of rotatable bonds is 7. The molecule has 1 aliphatic carbocycles. The van der Waals surface area contributed by atoms with Crippen LogP contribution in [0.15, 0.2) is 23.2 Å². The zero-order valence-electron chi connectivity index (χ0n) is 13.3. The van der Waals surface area contributed by atoms with Crippen LogP contribution >= 0.6 is 0 Å². The molecular formula is C16H26O5. The van der Waals surface area contributed by atoms with Crippen molar-refractivity contribution in [3.05, 3.63) is 23.2 Å². The molecule has 2 N–H and O–H groups in total. The van der Waals surface area contributed by atoms with Gasteiger partial charge < -0.3 is 19.7 Å². The quantitative estimate of drug-likeness (QED) is 0.701. The molecular weight excluding hydrogens is 272 g/mol. The first-order chi connectivity index (χ1) is 9.97. The summed E-state index contributed by atoms with van der Waals surface area (Å²) >= 11 is 0. The lowest BCUT2D eigenvalue weighted by Gasteiger charge is -2.33. The van der Waals surface area contributed by atoms with Crippen molar-refractivity contribution in [3.8, 4) is 0 Å². The number of ether oxygens (including phenoxy) is 2. The van der Waals surface area contributed by atoms with Gasteiger partial charge in [-0.05, 0) is 26.2 Å². The highest BCUT2D eigenvalue weighted by Gasteiger charge is 2.42. The zero-order chi connectivity index (χ0) is 16.0. The van der Waals surface area contributed by atoms with E-state index in [1.54, 1.807) is 6.92 Å². The number of carbonyl (C=O) groups excluding carboxylic acids is 1. The standard InChI is InChI=1S/C16H26O5/c1-10(6-5-9-17)7-8-12-11(2)13(18)15(20-3)16(21-4)14(12)19/h7,11-12,14,17,19H,5-6,8-9H2,1-4H3/b10-7+. The average molecular weight is 298 g/mol. The van der Waals surface area contributed by atoms with Crippen molar-refractivity contribution >= 4 is 5.78 Å². The third kappa shape index (κ3) is 4.08. The van der Waals surface area contributed by atoms with Crippen LogP contribution in [0.1, 0.15) is 33.1 Å². The van der Waals surface area contributed by atoms with Gasteiger partial charge >= 0.3 is 0 Å². The van der Waals surface area contributed by atoms with E-state index in [0.717, 1.165) is 18.4 Å². The Morgan fingerprint density at radius 2 is 2.00 bits per heavy atom. The van der Waals surface area contributed by atoms with E-state index in [-0.39, 0.29) is 35.7 Å². The van der Waals surface area contributed by atoms with Crippen molar-refractivity contribution in [3.63, 3.8) is 0 Å². The Kier molecular flexibility index (Phi) is 6.92. The molecule has 5 heteroatoms. The van der Waals surface area contributed by atoms with Crippen LogP contribution in [0, 0.1) is 11.8 Å². The Morgan fingerprint density at radius 1 is 1.33 bits per heavy atom. The normalized spacial score (nSPS) is 27.0. The molecule has 0 saturated carbocycles. The molecule has 0 aromatic carbocycles. The van der Waals surface area contributed by atoms with Crippen molar-refractivity contribution in [1.29, 1.82) is 0 Å². The maximum atomic E-state index is 12.3. The number of methoxy groups -OCH3 is 2. The molecule has 5 nitrogen and oxygen atoms in total. The van der Waals surface area contributed by atoms with Gasteiger partial charge in [0.15, 0.2) is 5.76 Å². The number of Topliss-reactive ketones (excluding diaryl/α,β-unsaturated/α-hetero) is 1. The first kappa shape index (κ1) is 17.7. The summed E-state index contributed by atoms with van der Waals surface area (Å²) in [6, 6.07) is 0. The van der Waals surface area contributed by atoms with Crippen molar-refractivity contribution in [2.24, 2.45) is 11.8 Å². The van der Waals surface area contributed by atoms with Crippen molar-refractivity contribution < 1.29 is 24.5 Å². The van der Waals surface area contributed by atoms with E-state index in [0.29, 0.717) is 6.42 Å². The molecule has 120 valence electrons. The molecule has 21 heavy (non-hydrogen) atoms. The van der Waals surface area contributed by atoms with E-state index in [2.05, 4.69) is 0 Å². The number of hydrogen-bond donors (Lipinski definition) is 2. The van der Waals surface area contributed by atoms with E-state index < -0.39 is 6.10 Å². The molecule has 0 aliphatic heterocycles. The number of carbonyl (C=O) groups is 1. The summed E-state index contributed by atoms with van der Waals surface area (Å²) in [4.78, 5) is 12.3. The SMILES string of the molecule is COC1=C(OC)C(O)C(C/C=C(\C)CCCO)C(C)C1=O. The number of allylic oxidation sites excluding steroid dienone is 3. The highest BCUT2D eigenvalue weighted by atomic mass is 16.5. The Hall–Kier alpha value is -1.33. The lowest BCUT2D eigenvalue weighted by atomic mass is 9.77. The van der Waals surface area contributed by atoms with E-state index in [1.807, 2.05) is 13.0 Å². The smallest absolute Gasteiger partial charge is 0.204 e. The third-order valence-corrected chi connectivity index (χ3v) is 4.07. The molecule has 0 heterocycles. The lowest BCUT2D eigenvalue weighted by Crippen LogP contribution is -2.40. The van der Waals surface area contributed by atoms with Gasteiger partial charge in [-0.3, -0.25) is 4.79 Å². The molecule has 0 saturated heterocycles. The van der Waals surface area contributed by atoms with Gasteiger partial charge in [-0.2, -0.15) is 0 Å². The molecule has 1 rings (SSSR count). The minimum Gasteiger partial charge on any atom is -0.494 e. The van der Waals surface area contributed by atoms with Gasteiger partial charge in [0.25, 0.3) is 0 Å². The van der Waals surface area contributed by atoms with E-state index in [9.17, 15) is 9.90 Å².